The number of allylic oxidation sites excluding steroid dienone is 1. The van der Waals surface area contributed by atoms with Crippen LogP contribution in [0.15, 0.2) is 17.8 Å². The van der Waals surface area contributed by atoms with Crippen molar-refractivity contribution >= 4 is 16.8 Å². The van der Waals surface area contributed by atoms with Crippen LogP contribution in [0.4, 0.5) is 0 Å². The molecule has 0 bridgehead atoms. The molecule has 0 aromatic carbocycles. The Kier molecular flexibility index (Phi) is 3.28. The molecule has 0 aliphatic carbocycles. The first kappa shape index (κ1) is 7.50. The molecule has 0 fully saturated rings. The van der Waals surface area contributed by atoms with E-state index in [9.17, 15) is 0 Å². The molecule has 0 saturated carbocycles. The molecule has 0 radical (unpaired) electrons. The molecule has 0 N–H and O–H groups in total. The number of hydrazone groups is 1. The highest BCUT2D eigenvalue weighted by atomic mass is 35.5. The van der Waals surface area contributed by atoms with Crippen LogP contribution in [0.1, 0.15) is 0 Å². The maximum absolute atomic E-state index is 5.45. The van der Waals surface area contributed by atoms with Gasteiger partial charge in [-0.2, -0.15) is 5.10 Å². The van der Waals surface area contributed by atoms with Gasteiger partial charge in [0.25, 0.3) is 0 Å². The van der Waals surface area contributed by atoms with E-state index in [0.29, 0.717) is 5.17 Å². The van der Waals surface area contributed by atoms with Crippen LogP contribution in [0.5, 0.6) is 0 Å². The molecule has 2 nitrogen and oxygen atoms in total. The summed E-state index contributed by atoms with van der Waals surface area (Å²) < 4.78 is 0. The van der Waals surface area contributed by atoms with E-state index in [4.69, 9.17) is 11.6 Å². The van der Waals surface area contributed by atoms with E-state index in [1.165, 1.54) is 6.08 Å². The predicted octanol–water partition coefficient (Wildman–Crippen LogP) is 1.29. The summed E-state index contributed by atoms with van der Waals surface area (Å²) in [5.41, 5.74) is 0. The summed E-state index contributed by atoms with van der Waals surface area (Å²) in [4.78, 5) is 0. The molecule has 46 valence electrons. The maximum atomic E-state index is 5.45. The Morgan fingerprint density at radius 1 is 1.75 bits per heavy atom. The summed E-state index contributed by atoms with van der Waals surface area (Å²) >= 11 is 5.45. The quantitative estimate of drug-likeness (QED) is 0.408. The monoisotopic (exact) mass is 132 g/mol. The number of halogens is 1. The fourth-order valence-corrected chi connectivity index (χ4v) is 0.383. The molecule has 0 amide bonds. The lowest BCUT2D eigenvalue weighted by atomic mass is 10.7. The summed E-state index contributed by atoms with van der Waals surface area (Å²) in [5, 5.41) is 5.82. The molecular weight excluding hydrogens is 124 g/mol. The average molecular weight is 133 g/mol. The zero-order chi connectivity index (χ0) is 6.57. The van der Waals surface area contributed by atoms with Gasteiger partial charge in [0.05, 0.1) is 0 Å². The summed E-state index contributed by atoms with van der Waals surface area (Å²) in [5.74, 6) is 0. The molecule has 0 atom stereocenters. The van der Waals surface area contributed by atoms with E-state index in [2.05, 4.69) is 11.7 Å². The van der Waals surface area contributed by atoms with Gasteiger partial charge in [-0.05, 0) is 6.08 Å². The third-order valence-corrected chi connectivity index (χ3v) is 0.694. The van der Waals surface area contributed by atoms with Gasteiger partial charge in [0, 0.05) is 14.1 Å². The number of hydrogen-bond acceptors (Lipinski definition) is 2. The topological polar surface area (TPSA) is 15.6 Å². The molecule has 0 aliphatic rings. The van der Waals surface area contributed by atoms with Crippen molar-refractivity contribution in [3.05, 3.63) is 12.7 Å². The Balaban J connectivity index is 3.74. The van der Waals surface area contributed by atoms with Crippen LogP contribution in [-0.2, 0) is 0 Å². The summed E-state index contributed by atoms with van der Waals surface area (Å²) in [6.07, 6.45) is 1.49. The highest BCUT2D eigenvalue weighted by Gasteiger charge is 1.82. The van der Waals surface area contributed by atoms with Gasteiger partial charge in [0.2, 0.25) is 0 Å². The van der Waals surface area contributed by atoms with E-state index in [-0.39, 0.29) is 0 Å². The van der Waals surface area contributed by atoms with E-state index in [0.717, 1.165) is 0 Å². The van der Waals surface area contributed by atoms with E-state index in [1.807, 2.05) is 0 Å². The third kappa shape index (κ3) is 3.68. The molecule has 0 aliphatic heterocycles. The second-order valence-corrected chi connectivity index (χ2v) is 1.86. The Morgan fingerprint density at radius 3 is 2.38 bits per heavy atom. The highest BCUT2D eigenvalue weighted by Crippen LogP contribution is 1.87. The van der Waals surface area contributed by atoms with E-state index >= 15 is 0 Å². The van der Waals surface area contributed by atoms with Crippen LogP contribution in [0.3, 0.4) is 0 Å². The zero-order valence-electron chi connectivity index (χ0n) is 5.06. The molecule has 0 aromatic heterocycles. The second-order valence-electron chi connectivity index (χ2n) is 1.47. The Bertz CT molecular complexity index is 107. The summed E-state index contributed by atoms with van der Waals surface area (Å²) in [6.45, 7) is 3.42. The third-order valence-electron chi connectivity index (χ3n) is 0.464. The van der Waals surface area contributed by atoms with Crippen molar-refractivity contribution in [2.24, 2.45) is 5.10 Å². The number of rotatable bonds is 2. The summed E-state index contributed by atoms with van der Waals surface area (Å²) in [6, 6.07) is 0. The highest BCUT2D eigenvalue weighted by molar-refractivity contribution is 6.68. The Labute approximate surface area is 54.4 Å². The van der Waals surface area contributed by atoms with Gasteiger partial charge in [0.15, 0.2) is 0 Å². The van der Waals surface area contributed by atoms with Crippen molar-refractivity contribution in [3.63, 3.8) is 0 Å². The number of hydrogen-bond donors (Lipinski definition) is 0. The standard InChI is InChI=1S/C5H9ClN2/c1-4-5(6)7-8(2)3/h4H,1H2,2-3H3/b7-5+. The molecule has 0 saturated heterocycles. The number of nitrogens with zero attached hydrogens (tertiary/aromatic N) is 2. The predicted molar refractivity (Wildman–Crippen MR) is 37.2 cm³/mol. The van der Waals surface area contributed by atoms with Gasteiger partial charge in [-0.1, -0.05) is 18.2 Å². The molecule has 0 spiro atoms. The minimum Gasteiger partial charge on any atom is -0.302 e. The molecule has 8 heavy (non-hydrogen) atoms. The van der Waals surface area contributed by atoms with Crippen LogP contribution in [0.25, 0.3) is 0 Å². The lowest BCUT2D eigenvalue weighted by Gasteiger charge is -2.01. The zero-order valence-corrected chi connectivity index (χ0v) is 5.81. The van der Waals surface area contributed by atoms with Crippen molar-refractivity contribution in [3.8, 4) is 0 Å². The van der Waals surface area contributed by atoms with Crippen LogP contribution in [0, 0.1) is 0 Å². The lowest BCUT2D eigenvalue weighted by Crippen LogP contribution is -2.03. The van der Waals surface area contributed by atoms with E-state index < -0.39 is 0 Å². The van der Waals surface area contributed by atoms with Gasteiger partial charge >= 0.3 is 0 Å². The largest absolute Gasteiger partial charge is 0.302 e. The molecular formula is C5H9ClN2. The molecule has 3 heteroatoms. The van der Waals surface area contributed by atoms with Crippen molar-refractivity contribution in [2.75, 3.05) is 14.1 Å². The van der Waals surface area contributed by atoms with Crippen molar-refractivity contribution in [1.29, 1.82) is 0 Å². The first-order chi connectivity index (χ1) is 3.66. The lowest BCUT2D eigenvalue weighted by molar-refractivity contribution is 0.440. The smallest absolute Gasteiger partial charge is 0.148 e. The fraction of sp³-hybridized carbons (Fsp3) is 0.400. The Morgan fingerprint density at radius 2 is 2.25 bits per heavy atom. The van der Waals surface area contributed by atoms with Gasteiger partial charge in [0.1, 0.15) is 5.17 Å². The maximum Gasteiger partial charge on any atom is 0.148 e. The van der Waals surface area contributed by atoms with Crippen molar-refractivity contribution in [2.45, 2.75) is 0 Å². The normalized spacial score (nSPS) is 11.1. The minimum absolute atomic E-state index is 0.412. The second kappa shape index (κ2) is 3.50. The van der Waals surface area contributed by atoms with Crippen molar-refractivity contribution < 1.29 is 0 Å². The average Bonchev–Trinajstić information content (AvgIpc) is 1.65. The van der Waals surface area contributed by atoms with Gasteiger partial charge in [-0.3, -0.25) is 0 Å². The first-order valence-corrected chi connectivity index (χ1v) is 2.58. The fourth-order valence-electron chi connectivity index (χ4n) is 0.232. The van der Waals surface area contributed by atoms with Crippen LogP contribution in [-0.4, -0.2) is 24.3 Å². The van der Waals surface area contributed by atoms with Gasteiger partial charge in [-0.15, -0.1) is 0 Å². The van der Waals surface area contributed by atoms with Crippen LogP contribution in [0.2, 0.25) is 0 Å². The van der Waals surface area contributed by atoms with E-state index in [1.54, 1.807) is 19.1 Å². The van der Waals surface area contributed by atoms with Crippen LogP contribution < -0.4 is 0 Å². The minimum atomic E-state index is 0.412. The van der Waals surface area contributed by atoms with Crippen molar-refractivity contribution in [1.82, 2.24) is 5.01 Å². The van der Waals surface area contributed by atoms with Gasteiger partial charge in [-0.25, -0.2) is 0 Å². The summed E-state index contributed by atoms with van der Waals surface area (Å²) in [7, 11) is 3.60. The van der Waals surface area contributed by atoms with Gasteiger partial charge < -0.3 is 5.01 Å². The molecule has 0 aromatic rings. The molecule has 0 heterocycles. The SMILES string of the molecule is C=C/C(Cl)=N\N(C)C. The molecule has 0 unspecified atom stereocenters. The first-order valence-electron chi connectivity index (χ1n) is 2.20. The van der Waals surface area contributed by atoms with Crippen LogP contribution >= 0.6 is 11.6 Å². The Hall–Kier alpha value is -0.500. The molecule has 0 rings (SSSR count).